The van der Waals surface area contributed by atoms with Crippen LogP contribution in [0.4, 0.5) is 18.9 Å². The number of carbonyl (C=O) groups excluding carboxylic acids is 1. The molecule has 1 amide bonds. The summed E-state index contributed by atoms with van der Waals surface area (Å²) in [5.41, 5.74) is 0.978. The van der Waals surface area contributed by atoms with Gasteiger partial charge in [0.15, 0.2) is 0 Å². The van der Waals surface area contributed by atoms with E-state index >= 15 is 0 Å². The van der Waals surface area contributed by atoms with Crippen molar-refractivity contribution in [3.63, 3.8) is 0 Å². The molecule has 0 unspecified atom stereocenters. The molecule has 1 N–H and O–H groups in total. The normalized spacial score (nSPS) is 11.5. The maximum atomic E-state index is 12.6. The summed E-state index contributed by atoms with van der Waals surface area (Å²) < 4.78 is 43.1. The first-order chi connectivity index (χ1) is 11.3. The van der Waals surface area contributed by atoms with Gasteiger partial charge in [-0.25, -0.2) is 0 Å². The van der Waals surface area contributed by atoms with Crippen LogP contribution in [0.25, 0.3) is 6.08 Å². The summed E-state index contributed by atoms with van der Waals surface area (Å²) in [5, 5.41) is 2.41. The number of hydrogen-bond donors (Lipinski definition) is 1. The van der Waals surface area contributed by atoms with Crippen molar-refractivity contribution in [3.8, 4) is 5.75 Å². The first-order valence-corrected chi connectivity index (χ1v) is 7.10. The van der Waals surface area contributed by atoms with E-state index in [2.05, 4.69) is 5.32 Å². The van der Waals surface area contributed by atoms with E-state index in [0.717, 1.165) is 29.0 Å². The zero-order valence-corrected chi connectivity index (χ0v) is 13.1. The average Bonchev–Trinajstić information content (AvgIpc) is 2.52. The molecule has 0 heterocycles. The largest absolute Gasteiger partial charge is 0.496 e. The highest BCUT2D eigenvalue weighted by atomic mass is 19.4. The standard InChI is InChI=1S/C18H16F3NO2/c1-12-10-13(6-8-16(12)24-2)7-9-17(23)22-15-5-3-4-14(11-15)18(19,20)21/h3-11H,1-2H3,(H,22,23). The number of halogens is 3. The first kappa shape index (κ1) is 17.6. The highest BCUT2D eigenvalue weighted by Crippen LogP contribution is 2.30. The minimum atomic E-state index is -4.45. The molecule has 6 heteroatoms. The van der Waals surface area contributed by atoms with E-state index in [1.54, 1.807) is 25.3 Å². The average molecular weight is 335 g/mol. The molecule has 0 aliphatic heterocycles. The van der Waals surface area contributed by atoms with Crippen molar-refractivity contribution >= 4 is 17.7 Å². The van der Waals surface area contributed by atoms with Crippen LogP contribution in [-0.2, 0) is 11.0 Å². The molecule has 3 nitrogen and oxygen atoms in total. The predicted octanol–water partition coefficient (Wildman–Crippen LogP) is 4.67. The summed E-state index contributed by atoms with van der Waals surface area (Å²) >= 11 is 0. The number of alkyl halides is 3. The van der Waals surface area contributed by atoms with E-state index in [9.17, 15) is 18.0 Å². The Labute approximate surface area is 137 Å². The van der Waals surface area contributed by atoms with Crippen LogP contribution in [0.5, 0.6) is 5.75 Å². The van der Waals surface area contributed by atoms with Crippen LogP contribution in [0, 0.1) is 6.92 Å². The summed E-state index contributed by atoms with van der Waals surface area (Å²) in [6.45, 7) is 1.87. The van der Waals surface area contributed by atoms with Crippen molar-refractivity contribution in [1.82, 2.24) is 0 Å². The third kappa shape index (κ3) is 4.62. The monoisotopic (exact) mass is 335 g/mol. The molecule has 0 bridgehead atoms. The van der Waals surface area contributed by atoms with Crippen molar-refractivity contribution < 1.29 is 22.7 Å². The van der Waals surface area contributed by atoms with Gasteiger partial charge in [-0.15, -0.1) is 0 Å². The van der Waals surface area contributed by atoms with Gasteiger partial charge < -0.3 is 10.1 Å². The Morgan fingerprint density at radius 3 is 2.54 bits per heavy atom. The fraction of sp³-hybridized carbons (Fsp3) is 0.167. The zero-order valence-electron chi connectivity index (χ0n) is 13.1. The highest BCUT2D eigenvalue weighted by molar-refractivity contribution is 6.02. The van der Waals surface area contributed by atoms with Gasteiger partial charge in [0.25, 0.3) is 0 Å². The summed E-state index contributed by atoms with van der Waals surface area (Å²) in [7, 11) is 1.57. The summed E-state index contributed by atoms with van der Waals surface area (Å²) in [6.07, 6.45) is -1.60. The molecule has 2 rings (SSSR count). The van der Waals surface area contributed by atoms with Gasteiger partial charge in [0.05, 0.1) is 12.7 Å². The second kappa shape index (κ2) is 7.21. The Kier molecular flexibility index (Phi) is 5.28. The van der Waals surface area contributed by atoms with Crippen LogP contribution in [-0.4, -0.2) is 13.0 Å². The van der Waals surface area contributed by atoms with E-state index in [1.807, 2.05) is 13.0 Å². The Hall–Kier alpha value is -2.76. The van der Waals surface area contributed by atoms with Crippen molar-refractivity contribution in [2.45, 2.75) is 13.1 Å². The van der Waals surface area contributed by atoms with Crippen LogP contribution in [0.15, 0.2) is 48.5 Å². The molecule has 0 aliphatic carbocycles. The van der Waals surface area contributed by atoms with Gasteiger partial charge in [-0.2, -0.15) is 13.2 Å². The van der Waals surface area contributed by atoms with Gasteiger partial charge in [0.1, 0.15) is 5.75 Å². The molecule has 126 valence electrons. The SMILES string of the molecule is COc1ccc(C=CC(=O)Nc2cccc(C(F)(F)F)c2)cc1C. The lowest BCUT2D eigenvalue weighted by atomic mass is 10.1. The lowest BCUT2D eigenvalue weighted by molar-refractivity contribution is -0.137. The van der Waals surface area contributed by atoms with E-state index < -0.39 is 17.6 Å². The number of ether oxygens (including phenoxy) is 1. The number of nitrogens with one attached hydrogen (secondary N) is 1. The number of amides is 1. The lowest BCUT2D eigenvalue weighted by Gasteiger charge is -2.08. The van der Waals surface area contributed by atoms with Crippen molar-refractivity contribution in [3.05, 3.63) is 65.2 Å². The molecule has 0 aliphatic rings. The molecular formula is C18H16F3NO2. The van der Waals surface area contributed by atoms with E-state index in [1.165, 1.54) is 18.2 Å². The summed E-state index contributed by atoms with van der Waals surface area (Å²) in [4.78, 5) is 11.9. The van der Waals surface area contributed by atoms with Crippen LogP contribution in [0.2, 0.25) is 0 Å². The predicted molar refractivity (Wildman–Crippen MR) is 86.8 cm³/mol. The maximum Gasteiger partial charge on any atom is 0.416 e. The number of anilines is 1. The van der Waals surface area contributed by atoms with E-state index in [-0.39, 0.29) is 5.69 Å². The Morgan fingerprint density at radius 1 is 1.17 bits per heavy atom. The van der Waals surface area contributed by atoms with Gasteiger partial charge in [0.2, 0.25) is 5.91 Å². The number of methoxy groups -OCH3 is 1. The minimum absolute atomic E-state index is 0.0883. The fourth-order valence-corrected chi connectivity index (χ4v) is 2.13. The number of hydrogen-bond acceptors (Lipinski definition) is 2. The van der Waals surface area contributed by atoms with E-state index in [4.69, 9.17) is 4.74 Å². The molecule has 24 heavy (non-hydrogen) atoms. The molecular weight excluding hydrogens is 319 g/mol. The summed E-state index contributed by atoms with van der Waals surface area (Å²) in [6, 6.07) is 9.88. The van der Waals surface area contributed by atoms with Gasteiger partial charge in [-0.05, 0) is 54.5 Å². The molecule has 2 aromatic carbocycles. The van der Waals surface area contributed by atoms with Gasteiger partial charge in [-0.1, -0.05) is 12.1 Å². The maximum absolute atomic E-state index is 12.6. The lowest BCUT2D eigenvalue weighted by Crippen LogP contribution is -2.10. The van der Waals surface area contributed by atoms with Crippen molar-refractivity contribution in [2.24, 2.45) is 0 Å². The van der Waals surface area contributed by atoms with Crippen LogP contribution >= 0.6 is 0 Å². The van der Waals surface area contributed by atoms with Crippen molar-refractivity contribution in [1.29, 1.82) is 0 Å². The van der Waals surface area contributed by atoms with Crippen LogP contribution in [0.3, 0.4) is 0 Å². The highest BCUT2D eigenvalue weighted by Gasteiger charge is 2.30. The zero-order chi connectivity index (χ0) is 17.7. The Morgan fingerprint density at radius 2 is 1.92 bits per heavy atom. The second-order valence-corrected chi connectivity index (χ2v) is 5.13. The molecule has 0 fully saturated rings. The molecule has 0 saturated heterocycles. The number of aryl methyl sites for hydroxylation is 1. The number of carbonyl (C=O) groups is 1. The van der Waals surface area contributed by atoms with Crippen LogP contribution < -0.4 is 10.1 Å². The molecule has 2 aromatic rings. The van der Waals surface area contributed by atoms with Gasteiger partial charge in [0, 0.05) is 11.8 Å². The number of rotatable bonds is 4. The van der Waals surface area contributed by atoms with Gasteiger partial charge in [-0.3, -0.25) is 4.79 Å². The molecule has 0 radical (unpaired) electrons. The topological polar surface area (TPSA) is 38.3 Å². The van der Waals surface area contributed by atoms with Crippen LogP contribution in [0.1, 0.15) is 16.7 Å². The number of benzene rings is 2. The van der Waals surface area contributed by atoms with E-state index in [0.29, 0.717) is 0 Å². The fourth-order valence-electron chi connectivity index (χ4n) is 2.13. The third-order valence-corrected chi connectivity index (χ3v) is 3.30. The third-order valence-electron chi connectivity index (χ3n) is 3.30. The molecule has 0 spiro atoms. The molecule has 0 aromatic heterocycles. The van der Waals surface area contributed by atoms with Gasteiger partial charge >= 0.3 is 6.18 Å². The Balaban J connectivity index is 2.07. The quantitative estimate of drug-likeness (QED) is 0.824. The smallest absolute Gasteiger partial charge is 0.416 e. The molecule has 0 saturated carbocycles. The summed E-state index contributed by atoms with van der Waals surface area (Å²) in [5.74, 6) is 0.225. The van der Waals surface area contributed by atoms with Crippen molar-refractivity contribution in [2.75, 3.05) is 12.4 Å². The Bertz CT molecular complexity index is 767. The minimum Gasteiger partial charge on any atom is -0.496 e. The molecule has 0 atom stereocenters. The first-order valence-electron chi connectivity index (χ1n) is 7.10. The second-order valence-electron chi connectivity index (χ2n) is 5.13.